The van der Waals surface area contributed by atoms with E-state index in [1.807, 2.05) is 63.2 Å². The minimum atomic E-state index is -1.49. The molecule has 0 saturated heterocycles. The summed E-state index contributed by atoms with van der Waals surface area (Å²) in [7, 11) is 2.90. The Hall–Kier alpha value is -5.69. The quantitative estimate of drug-likeness (QED) is 0.0404. The Bertz CT molecular complexity index is 2350. The zero-order valence-corrected chi connectivity index (χ0v) is 37.7. The van der Waals surface area contributed by atoms with E-state index < -0.39 is 29.4 Å². The van der Waals surface area contributed by atoms with Gasteiger partial charge in [0, 0.05) is 31.1 Å². The smallest absolute Gasteiger partial charge is 0.410 e. The largest absolute Gasteiger partial charge is 0.496 e. The molecule has 1 saturated carbocycles. The van der Waals surface area contributed by atoms with E-state index in [9.17, 15) is 19.8 Å². The Balaban J connectivity index is 1.47. The van der Waals surface area contributed by atoms with Crippen molar-refractivity contribution >= 4 is 28.9 Å². The summed E-state index contributed by atoms with van der Waals surface area (Å²) in [5, 5.41) is 27.0. The van der Waals surface area contributed by atoms with Crippen molar-refractivity contribution in [3.05, 3.63) is 120 Å². The lowest BCUT2D eigenvalue weighted by atomic mass is 9.55. The molecule has 4 aromatic rings. The minimum absolute atomic E-state index is 0.000528. The van der Waals surface area contributed by atoms with Gasteiger partial charge in [0.15, 0.2) is 6.29 Å². The van der Waals surface area contributed by atoms with Crippen LogP contribution in [0, 0.1) is 17.8 Å². The predicted octanol–water partition coefficient (Wildman–Crippen LogP) is 10.2. The van der Waals surface area contributed by atoms with Gasteiger partial charge in [-0.05, 0) is 117 Å². The monoisotopic (exact) mass is 874 g/mol. The van der Waals surface area contributed by atoms with Crippen LogP contribution in [0.5, 0.6) is 23.0 Å². The highest BCUT2D eigenvalue weighted by atomic mass is 16.7. The zero-order chi connectivity index (χ0) is 45.4. The van der Waals surface area contributed by atoms with E-state index in [2.05, 4.69) is 30.9 Å². The summed E-state index contributed by atoms with van der Waals surface area (Å²) in [5.74, 6) is -0.248. The number of benzene rings is 4. The third-order valence-electron chi connectivity index (χ3n) is 12.6. The highest BCUT2D eigenvalue weighted by molar-refractivity contribution is 6.03. The van der Waals surface area contributed by atoms with Crippen LogP contribution in [-0.2, 0) is 20.9 Å². The first-order chi connectivity index (χ1) is 31.0. The summed E-state index contributed by atoms with van der Waals surface area (Å²) in [6, 6.07) is 24.2. The van der Waals surface area contributed by atoms with Crippen LogP contribution < -0.4 is 14.2 Å². The fourth-order valence-electron chi connectivity index (χ4n) is 9.94. The van der Waals surface area contributed by atoms with Crippen LogP contribution in [0.15, 0.2) is 108 Å². The summed E-state index contributed by atoms with van der Waals surface area (Å²) in [4.78, 5) is 34.5. The first-order valence-electron chi connectivity index (χ1n) is 22.4. The normalized spacial score (nSPS) is 23.0. The topological polar surface area (TPSA) is 146 Å². The standard InChI is InChI=1S/C52H62N2O10/c1-7-27-61-52-47(54(50(58)60-6)32-36-18-14-17-34-15-8-9-19-40(34)36)31-44(53-64-51(2,3)4)42-29-35(16-10-12-25-55)41(20-11-13-26-56)48(49(42)52)43-30-39(22-24-46(43)63-52)62-38-21-23-45(59-5)37(28-38)33-57/h7-9,14-15,17-19,21-24,28-30,33,35,41,47-49,55-56H,1,10-13,16,20,25-27,31-32H2,2-6H3. The number of amides is 1. The number of nitrogens with zero attached hydrogens (tertiary/aromatic N) is 2. The Labute approximate surface area is 376 Å². The number of ether oxygens (including phenoxy) is 5. The average molecular weight is 875 g/mol. The van der Waals surface area contributed by atoms with Gasteiger partial charge in [-0.3, -0.25) is 9.69 Å². The van der Waals surface area contributed by atoms with E-state index >= 15 is 0 Å². The van der Waals surface area contributed by atoms with E-state index in [0.717, 1.165) is 59.4 Å². The molecular formula is C52H62N2O10. The van der Waals surface area contributed by atoms with E-state index in [4.69, 9.17) is 33.7 Å². The van der Waals surface area contributed by atoms with Crippen LogP contribution in [0.4, 0.5) is 4.79 Å². The molecule has 6 atom stereocenters. The highest BCUT2D eigenvalue weighted by Crippen LogP contribution is 2.62. The molecule has 340 valence electrons. The molecule has 0 radical (unpaired) electrons. The van der Waals surface area contributed by atoms with Gasteiger partial charge in [-0.15, -0.1) is 6.58 Å². The molecule has 1 aliphatic heterocycles. The van der Waals surface area contributed by atoms with Gasteiger partial charge in [0.1, 0.15) is 34.6 Å². The summed E-state index contributed by atoms with van der Waals surface area (Å²) in [6.07, 6.45) is 8.84. The molecule has 0 aromatic heterocycles. The summed E-state index contributed by atoms with van der Waals surface area (Å²) in [6.45, 7) is 10.3. The number of carbonyl (C=O) groups excluding carboxylic acids is 2. The molecule has 12 heteroatoms. The number of hydrogen-bond acceptors (Lipinski definition) is 11. The highest BCUT2D eigenvalue weighted by Gasteiger charge is 2.65. The number of hydrogen-bond donors (Lipinski definition) is 2. The third kappa shape index (κ3) is 9.69. The number of aliphatic hydroxyl groups excluding tert-OH is 2. The summed E-state index contributed by atoms with van der Waals surface area (Å²) in [5.41, 5.74) is 3.15. The van der Waals surface area contributed by atoms with E-state index in [-0.39, 0.29) is 50.5 Å². The number of methoxy groups -OCH3 is 2. The van der Waals surface area contributed by atoms with Crippen molar-refractivity contribution in [2.24, 2.45) is 22.9 Å². The van der Waals surface area contributed by atoms with E-state index in [1.165, 1.54) is 14.2 Å². The predicted molar refractivity (Wildman–Crippen MR) is 246 cm³/mol. The van der Waals surface area contributed by atoms with Gasteiger partial charge in [-0.25, -0.2) is 4.79 Å². The Morgan fingerprint density at radius 1 is 0.953 bits per heavy atom. The SMILES string of the molecule is C=CCOC12Oc3ccc(Oc4ccc(OC)c(C=O)c4)cc3C3C(CCCCO)C(CCCCO)C=C(C(=NOC(C)(C)C)CC1N(Cc1cccc4ccccc14)C(=O)OC)C32. The first kappa shape index (κ1) is 46.3. The lowest BCUT2D eigenvalue weighted by molar-refractivity contribution is -0.256. The van der Waals surface area contributed by atoms with E-state index in [0.29, 0.717) is 47.1 Å². The molecule has 2 N–H and O–H groups in total. The molecule has 0 bridgehead atoms. The molecule has 7 rings (SSSR count). The number of rotatable bonds is 19. The van der Waals surface area contributed by atoms with Crippen LogP contribution in [0.2, 0.25) is 0 Å². The number of unbranched alkanes of at least 4 members (excludes halogenated alkanes) is 2. The lowest BCUT2D eigenvalue weighted by Crippen LogP contribution is -2.70. The van der Waals surface area contributed by atoms with Crippen LogP contribution >= 0.6 is 0 Å². The second-order valence-corrected chi connectivity index (χ2v) is 17.8. The Kier molecular flexibility index (Phi) is 14.8. The van der Waals surface area contributed by atoms with Crippen molar-refractivity contribution in [1.29, 1.82) is 0 Å². The molecule has 0 spiro atoms. The number of carbonyl (C=O) groups is 2. The minimum Gasteiger partial charge on any atom is -0.496 e. The fourth-order valence-corrected chi connectivity index (χ4v) is 9.94. The van der Waals surface area contributed by atoms with Crippen molar-refractivity contribution in [3.63, 3.8) is 0 Å². The molecule has 2 aliphatic carbocycles. The van der Waals surface area contributed by atoms with Gasteiger partial charge in [-0.2, -0.15) is 0 Å². The lowest BCUT2D eigenvalue weighted by Gasteiger charge is -2.60. The molecular weight excluding hydrogens is 813 g/mol. The zero-order valence-electron chi connectivity index (χ0n) is 37.7. The van der Waals surface area contributed by atoms with E-state index in [1.54, 1.807) is 29.2 Å². The number of oxime groups is 1. The summed E-state index contributed by atoms with van der Waals surface area (Å²) < 4.78 is 32.0. The maximum atomic E-state index is 14.5. The van der Waals surface area contributed by atoms with Crippen molar-refractivity contribution in [2.45, 2.75) is 95.6 Å². The average Bonchev–Trinajstić information content (AvgIpc) is 3.30. The number of aldehydes is 1. The van der Waals surface area contributed by atoms with Crippen molar-refractivity contribution in [1.82, 2.24) is 4.90 Å². The molecule has 1 amide bonds. The number of aliphatic hydroxyl groups is 2. The molecule has 4 aromatic carbocycles. The second kappa shape index (κ2) is 20.4. The van der Waals surface area contributed by atoms with Gasteiger partial charge in [0.05, 0.1) is 44.6 Å². The third-order valence-corrected chi connectivity index (χ3v) is 12.6. The maximum absolute atomic E-state index is 14.5. The first-order valence-corrected chi connectivity index (χ1v) is 22.4. The fraction of sp³-hybridized carbons (Fsp3) is 0.442. The van der Waals surface area contributed by atoms with Crippen LogP contribution in [0.3, 0.4) is 0 Å². The summed E-state index contributed by atoms with van der Waals surface area (Å²) >= 11 is 0. The van der Waals surface area contributed by atoms with Crippen molar-refractivity contribution in [2.75, 3.05) is 34.0 Å². The molecule has 1 heterocycles. The van der Waals surface area contributed by atoms with Crippen LogP contribution in [0.1, 0.15) is 93.1 Å². The number of fused-ring (bicyclic) bond motifs is 3. The Morgan fingerprint density at radius 3 is 2.41 bits per heavy atom. The van der Waals surface area contributed by atoms with Gasteiger partial charge in [0.25, 0.3) is 0 Å². The van der Waals surface area contributed by atoms with Gasteiger partial charge >= 0.3 is 6.09 Å². The van der Waals surface area contributed by atoms with Gasteiger partial charge in [0.2, 0.25) is 5.79 Å². The number of allylic oxidation sites excluding steroid dienone is 1. The van der Waals surface area contributed by atoms with Crippen molar-refractivity contribution in [3.8, 4) is 23.0 Å². The van der Waals surface area contributed by atoms with Gasteiger partial charge < -0.3 is 38.7 Å². The van der Waals surface area contributed by atoms with Crippen molar-refractivity contribution < 1.29 is 48.3 Å². The maximum Gasteiger partial charge on any atom is 0.410 e. The molecule has 3 aliphatic rings. The molecule has 12 nitrogen and oxygen atoms in total. The molecule has 6 unspecified atom stereocenters. The second-order valence-electron chi connectivity index (χ2n) is 17.8. The van der Waals surface area contributed by atoms with Gasteiger partial charge in [-0.1, -0.05) is 72.6 Å². The Morgan fingerprint density at radius 2 is 1.69 bits per heavy atom. The van der Waals surface area contributed by atoms with Crippen LogP contribution in [-0.4, -0.2) is 84.7 Å². The van der Waals surface area contributed by atoms with Crippen LogP contribution in [0.25, 0.3) is 10.8 Å². The molecule has 64 heavy (non-hydrogen) atoms. The molecule has 1 fully saturated rings.